The lowest BCUT2D eigenvalue weighted by Crippen LogP contribution is -2.36. The summed E-state index contributed by atoms with van der Waals surface area (Å²) in [6, 6.07) is 10.4. The van der Waals surface area contributed by atoms with Crippen LogP contribution in [0.25, 0.3) is 0 Å². The van der Waals surface area contributed by atoms with Crippen molar-refractivity contribution in [1.82, 2.24) is 4.90 Å². The summed E-state index contributed by atoms with van der Waals surface area (Å²) < 4.78 is 25.6. The van der Waals surface area contributed by atoms with E-state index in [0.717, 1.165) is 67.0 Å². The van der Waals surface area contributed by atoms with E-state index in [1.807, 2.05) is 12.1 Å². The Balaban J connectivity index is 1.59. The Kier molecular flexibility index (Phi) is 7.32. The van der Waals surface area contributed by atoms with E-state index in [9.17, 15) is 4.39 Å². The summed E-state index contributed by atoms with van der Waals surface area (Å²) >= 11 is 9.62. The van der Waals surface area contributed by atoms with Gasteiger partial charge in [-0.1, -0.05) is 33.6 Å². The lowest BCUT2D eigenvalue weighted by molar-refractivity contribution is 0.0374. The maximum Gasteiger partial charge on any atom is 0.124 e. The van der Waals surface area contributed by atoms with Crippen molar-refractivity contribution in [1.29, 1.82) is 0 Å². The molecule has 26 heavy (non-hydrogen) atoms. The van der Waals surface area contributed by atoms with E-state index in [4.69, 9.17) is 21.1 Å². The van der Waals surface area contributed by atoms with Crippen molar-refractivity contribution < 1.29 is 13.9 Å². The zero-order chi connectivity index (χ0) is 18.4. The van der Waals surface area contributed by atoms with Crippen LogP contribution in [0.15, 0.2) is 40.9 Å². The monoisotopic (exact) mass is 441 g/mol. The predicted molar refractivity (Wildman–Crippen MR) is 105 cm³/mol. The van der Waals surface area contributed by atoms with E-state index in [0.29, 0.717) is 11.6 Å². The van der Waals surface area contributed by atoms with E-state index in [1.165, 1.54) is 12.1 Å². The molecule has 2 aromatic carbocycles. The molecule has 3 nitrogen and oxygen atoms in total. The fourth-order valence-corrected chi connectivity index (χ4v) is 3.63. The van der Waals surface area contributed by atoms with Crippen LogP contribution >= 0.6 is 27.5 Å². The van der Waals surface area contributed by atoms with Gasteiger partial charge in [0.2, 0.25) is 0 Å². The first-order chi connectivity index (χ1) is 12.6. The number of morpholine rings is 1. The zero-order valence-corrected chi connectivity index (χ0v) is 16.9. The molecule has 0 N–H and O–H groups in total. The van der Waals surface area contributed by atoms with E-state index in [1.54, 1.807) is 6.07 Å². The average molecular weight is 443 g/mol. The first-order valence-electron chi connectivity index (χ1n) is 8.77. The molecule has 0 aromatic heterocycles. The molecule has 1 saturated heterocycles. The van der Waals surface area contributed by atoms with Gasteiger partial charge in [0.1, 0.15) is 18.2 Å². The van der Waals surface area contributed by atoms with Crippen LogP contribution in [-0.2, 0) is 17.8 Å². The van der Waals surface area contributed by atoms with Crippen LogP contribution in [0.4, 0.5) is 4.39 Å². The van der Waals surface area contributed by atoms with E-state index >= 15 is 0 Å². The number of aryl methyl sites for hydroxylation is 1. The van der Waals surface area contributed by atoms with Gasteiger partial charge in [0.05, 0.1) is 18.2 Å². The van der Waals surface area contributed by atoms with Gasteiger partial charge < -0.3 is 9.47 Å². The van der Waals surface area contributed by atoms with Gasteiger partial charge in [-0.3, -0.25) is 4.90 Å². The van der Waals surface area contributed by atoms with Crippen LogP contribution < -0.4 is 4.74 Å². The molecule has 0 spiro atoms. The molecule has 1 heterocycles. The van der Waals surface area contributed by atoms with Crippen molar-refractivity contribution >= 4 is 27.5 Å². The molecule has 0 bridgehead atoms. The van der Waals surface area contributed by atoms with Crippen LogP contribution in [0.5, 0.6) is 5.75 Å². The van der Waals surface area contributed by atoms with E-state index in [2.05, 4.69) is 26.9 Å². The highest BCUT2D eigenvalue weighted by Crippen LogP contribution is 2.27. The largest absolute Gasteiger partial charge is 0.489 e. The Morgan fingerprint density at radius 2 is 1.92 bits per heavy atom. The van der Waals surface area contributed by atoms with Gasteiger partial charge in [0.15, 0.2) is 0 Å². The molecular formula is C20H22BrClFNO2. The lowest BCUT2D eigenvalue weighted by atomic mass is 10.1. The molecule has 0 radical (unpaired) electrons. The summed E-state index contributed by atoms with van der Waals surface area (Å²) in [6.45, 7) is 5.03. The number of hydrogen-bond donors (Lipinski definition) is 0. The van der Waals surface area contributed by atoms with Gasteiger partial charge in [0.25, 0.3) is 0 Å². The molecule has 0 saturated carbocycles. The molecule has 1 fully saturated rings. The molecule has 3 rings (SSSR count). The lowest BCUT2D eigenvalue weighted by Gasteiger charge is -2.26. The number of rotatable bonds is 7. The number of ether oxygens (including phenoxy) is 2. The quantitative estimate of drug-likeness (QED) is 0.596. The number of nitrogens with zero attached hydrogens (tertiary/aromatic N) is 1. The summed E-state index contributed by atoms with van der Waals surface area (Å²) in [6.07, 6.45) is 1.99. The highest BCUT2D eigenvalue weighted by Gasteiger charge is 2.11. The summed E-state index contributed by atoms with van der Waals surface area (Å²) in [4.78, 5) is 2.43. The standard InChI is InChI=1S/C20H22BrClFNO2/c21-17-4-6-20(26-14-16-3-5-18(23)13-19(16)22)15(12-17)2-1-7-24-8-10-25-11-9-24/h3-6,12-13H,1-2,7-11,14H2. The SMILES string of the molecule is Fc1ccc(COc2ccc(Br)cc2CCCN2CCOCC2)c(Cl)c1. The minimum Gasteiger partial charge on any atom is -0.489 e. The van der Waals surface area contributed by atoms with E-state index < -0.39 is 0 Å². The number of benzene rings is 2. The normalized spacial score (nSPS) is 15.2. The van der Waals surface area contributed by atoms with Gasteiger partial charge in [-0.05, 0) is 55.3 Å². The smallest absolute Gasteiger partial charge is 0.124 e. The minimum absolute atomic E-state index is 0.317. The fourth-order valence-electron chi connectivity index (χ4n) is 3.00. The molecule has 6 heteroatoms. The van der Waals surface area contributed by atoms with Crippen LogP contribution in [0.1, 0.15) is 17.5 Å². The van der Waals surface area contributed by atoms with Gasteiger partial charge >= 0.3 is 0 Å². The molecule has 2 aromatic rings. The Morgan fingerprint density at radius 3 is 2.69 bits per heavy atom. The second-order valence-electron chi connectivity index (χ2n) is 6.33. The van der Waals surface area contributed by atoms with Gasteiger partial charge in [0, 0.05) is 23.1 Å². The second kappa shape index (κ2) is 9.70. The molecule has 1 aliphatic rings. The molecule has 0 aliphatic carbocycles. The van der Waals surface area contributed by atoms with E-state index in [-0.39, 0.29) is 5.82 Å². The maximum atomic E-state index is 13.2. The van der Waals surface area contributed by atoms with Crippen molar-refractivity contribution in [2.75, 3.05) is 32.8 Å². The van der Waals surface area contributed by atoms with Crippen molar-refractivity contribution in [3.05, 3.63) is 62.8 Å². The van der Waals surface area contributed by atoms with Crippen LogP contribution in [0.3, 0.4) is 0 Å². The Bertz CT molecular complexity index is 738. The van der Waals surface area contributed by atoms with Crippen molar-refractivity contribution in [3.8, 4) is 5.75 Å². The summed E-state index contributed by atoms with van der Waals surface area (Å²) in [5, 5.41) is 0.385. The number of hydrogen-bond acceptors (Lipinski definition) is 3. The number of halogens is 3. The molecule has 1 aliphatic heterocycles. The average Bonchev–Trinajstić information content (AvgIpc) is 2.63. The Labute approximate surface area is 167 Å². The molecule has 0 amide bonds. The van der Waals surface area contributed by atoms with Gasteiger partial charge in [-0.25, -0.2) is 4.39 Å². The fraction of sp³-hybridized carbons (Fsp3) is 0.400. The summed E-state index contributed by atoms with van der Waals surface area (Å²) in [5.74, 6) is 0.502. The maximum absolute atomic E-state index is 13.2. The van der Waals surface area contributed by atoms with Crippen LogP contribution in [-0.4, -0.2) is 37.7 Å². The summed E-state index contributed by atoms with van der Waals surface area (Å²) in [7, 11) is 0. The zero-order valence-electron chi connectivity index (χ0n) is 14.5. The molecule has 140 valence electrons. The van der Waals surface area contributed by atoms with Gasteiger partial charge in [-0.2, -0.15) is 0 Å². The Morgan fingerprint density at radius 1 is 1.12 bits per heavy atom. The Hall–Kier alpha value is -1.14. The predicted octanol–water partition coefficient (Wildman–Crippen LogP) is 5.09. The topological polar surface area (TPSA) is 21.7 Å². The first-order valence-corrected chi connectivity index (χ1v) is 9.94. The third kappa shape index (κ3) is 5.68. The molecular weight excluding hydrogens is 421 g/mol. The molecule has 0 atom stereocenters. The van der Waals surface area contributed by atoms with Crippen molar-refractivity contribution in [3.63, 3.8) is 0 Å². The van der Waals surface area contributed by atoms with Crippen molar-refractivity contribution in [2.24, 2.45) is 0 Å². The third-order valence-electron chi connectivity index (χ3n) is 4.44. The third-order valence-corrected chi connectivity index (χ3v) is 5.29. The molecule has 0 unspecified atom stereocenters. The van der Waals surface area contributed by atoms with Crippen molar-refractivity contribution in [2.45, 2.75) is 19.4 Å². The van der Waals surface area contributed by atoms with Crippen LogP contribution in [0, 0.1) is 5.82 Å². The van der Waals surface area contributed by atoms with Gasteiger partial charge in [-0.15, -0.1) is 0 Å². The van der Waals surface area contributed by atoms with Crippen LogP contribution in [0.2, 0.25) is 5.02 Å². The second-order valence-corrected chi connectivity index (χ2v) is 7.66. The highest BCUT2D eigenvalue weighted by atomic mass is 79.9. The minimum atomic E-state index is -0.341. The highest BCUT2D eigenvalue weighted by molar-refractivity contribution is 9.10. The first kappa shape index (κ1) is 19.6. The summed E-state index contributed by atoms with van der Waals surface area (Å²) in [5.41, 5.74) is 1.93.